The normalized spacial score (nSPS) is 12.8. The Morgan fingerprint density at radius 2 is 0.637 bits per heavy atom. The molecule has 0 amide bonds. The molecule has 1 aliphatic heterocycles. The molecule has 0 saturated heterocycles. The number of aromatic nitrogens is 8. The van der Waals surface area contributed by atoms with Crippen LogP contribution in [0.3, 0.4) is 0 Å². The molecule has 3 heterocycles. The molecule has 1 aliphatic rings. The Kier molecular flexibility index (Phi) is 20.4. The maximum Gasteiger partial charge on any atom is 3.00 e. The van der Waals surface area contributed by atoms with Crippen molar-refractivity contribution in [3.05, 3.63) is 328 Å². The van der Waals surface area contributed by atoms with Crippen LogP contribution in [0.2, 0.25) is 0 Å². The van der Waals surface area contributed by atoms with Crippen molar-refractivity contribution in [1.29, 1.82) is 0 Å². The molecule has 23 aromatic rings. The van der Waals surface area contributed by atoms with Crippen LogP contribution < -0.4 is 4.90 Å². The molecule has 603 valence electrons. The third-order valence-corrected chi connectivity index (χ3v) is 24.6. The minimum absolute atomic E-state index is 0. The topological polar surface area (TPSA) is 147 Å². The minimum atomic E-state index is -0.417. The number of hydrogen-bond acceptors (Lipinski definition) is 12. The summed E-state index contributed by atoms with van der Waals surface area (Å²) in [7, 11) is 0. The van der Waals surface area contributed by atoms with Gasteiger partial charge >= 0.3 is 20.1 Å². The summed E-state index contributed by atoms with van der Waals surface area (Å²) in [6, 6.07) is 108. The Morgan fingerprint density at radius 3 is 0.944 bits per heavy atom. The standard InChI is InChI=1S/2C42H21N4.C15H20N2.C11H20O2.2Ir/c2*1-7-23-9-3-13-27-33-19-21-35(31-17-5-15-29(39(31)33)25(11-1)37(23)27)41-43-45-42(46-44-41)36-22-20-34-28-14-4-10-24-8-2-12-26(38(24)28)30-16-6-18-32(36)40(30)34;1-12(2)14-5-7-15(8-6-14)17-10-9-16(11-17)13(3)4;1-10(2,3)8(12)7-9(13)11(4,5)6;;/h2*1-21H;5-7,9-13H,1-4H3;7,12H,1-6H3;;/q2*-1;-2;;;+3. The number of hydrogen-bond donors (Lipinski definition) is 1. The van der Waals surface area contributed by atoms with Crippen LogP contribution in [0.1, 0.15) is 80.7 Å². The number of carbonyl (C=O) groups is 1. The molecule has 0 fully saturated rings. The van der Waals surface area contributed by atoms with Crippen LogP contribution in [-0.2, 0) is 45.0 Å². The van der Waals surface area contributed by atoms with Crippen molar-refractivity contribution in [1.82, 2.24) is 45.7 Å². The second-order valence-electron chi connectivity index (χ2n) is 34.7. The van der Waals surface area contributed by atoms with Gasteiger partial charge in [-0.2, -0.15) is 50.8 Å². The van der Waals surface area contributed by atoms with Gasteiger partial charge in [0.05, 0.1) is 0 Å². The van der Waals surface area contributed by atoms with Gasteiger partial charge in [-0.1, -0.05) is 346 Å². The van der Waals surface area contributed by atoms with Gasteiger partial charge < -0.3 is 14.9 Å². The summed E-state index contributed by atoms with van der Waals surface area (Å²) in [5, 5.41) is 85.8. The predicted octanol–water partition coefficient (Wildman–Crippen LogP) is 27.8. The van der Waals surface area contributed by atoms with Gasteiger partial charge in [0.2, 0.25) is 11.6 Å². The first-order chi connectivity index (χ1) is 59.3. The van der Waals surface area contributed by atoms with Gasteiger partial charge in [0.1, 0.15) is 17.4 Å². The van der Waals surface area contributed by atoms with Crippen molar-refractivity contribution >= 4 is 184 Å². The third-order valence-electron chi connectivity index (χ3n) is 24.6. The van der Waals surface area contributed by atoms with Crippen LogP contribution in [0.4, 0.5) is 5.69 Å². The second-order valence-corrected chi connectivity index (χ2v) is 34.7. The molecule has 21 aromatic carbocycles. The van der Waals surface area contributed by atoms with E-state index in [-0.39, 0.29) is 57.2 Å². The third kappa shape index (κ3) is 13.4. The number of fused-ring (bicyclic) bond motifs is 8. The van der Waals surface area contributed by atoms with Crippen LogP contribution in [-0.4, -0.2) is 62.6 Å². The molecule has 2 aromatic heterocycles. The van der Waals surface area contributed by atoms with E-state index in [9.17, 15) is 9.90 Å². The van der Waals surface area contributed by atoms with Gasteiger partial charge in [-0.15, -0.1) is 56.4 Å². The molecule has 0 atom stereocenters. The Hall–Kier alpha value is -13.5. The first kappa shape index (κ1) is 80.3. The summed E-state index contributed by atoms with van der Waals surface area (Å²) in [4.78, 5) is 15.8. The van der Waals surface area contributed by atoms with Gasteiger partial charge in [-0.25, -0.2) is 0 Å². The van der Waals surface area contributed by atoms with E-state index in [4.69, 9.17) is 0 Å². The Bertz CT molecular complexity index is 7150. The van der Waals surface area contributed by atoms with E-state index in [1.165, 1.54) is 162 Å². The van der Waals surface area contributed by atoms with E-state index in [1.807, 2.05) is 41.5 Å². The zero-order chi connectivity index (χ0) is 83.1. The van der Waals surface area contributed by atoms with Crippen LogP contribution in [0.5, 0.6) is 0 Å². The molecular formula is C110H82Ir2N10O2-. The van der Waals surface area contributed by atoms with E-state index in [0.29, 0.717) is 35.3 Å². The molecule has 0 unspecified atom stereocenters. The average molecular weight is 1960 g/mol. The van der Waals surface area contributed by atoms with E-state index < -0.39 is 5.41 Å². The molecule has 0 bridgehead atoms. The fourth-order valence-corrected chi connectivity index (χ4v) is 18.4. The van der Waals surface area contributed by atoms with Crippen molar-refractivity contribution in [3.8, 4) is 45.6 Å². The number of nitrogens with zero attached hydrogens (tertiary/aromatic N) is 10. The zero-order valence-electron chi connectivity index (χ0n) is 69.9. The largest absolute Gasteiger partial charge is 3.00 e. The maximum atomic E-state index is 11.5. The van der Waals surface area contributed by atoms with Gasteiger partial charge in [0, 0.05) is 48.1 Å². The predicted molar refractivity (Wildman–Crippen MR) is 506 cm³/mol. The van der Waals surface area contributed by atoms with Crippen LogP contribution in [0.25, 0.3) is 218 Å². The summed E-state index contributed by atoms with van der Waals surface area (Å²) in [5.74, 6) is 2.61. The molecule has 0 aliphatic carbocycles. The first-order valence-electron chi connectivity index (χ1n) is 41.7. The fourth-order valence-electron chi connectivity index (χ4n) is 18.4. The van der Waals surface area contributed by atoms with Gasteiger partial charge in [0.15, 0.2) is 5.78 Å². The Balaban J connectivity index is 0.000000122. The SMILES string of the molecule is CC(C)(C)C(=O)C=C(O)C(C)(C)C.CC(C)c1c[c-]c(N2C=CN(C(C)C)[CH-]2)cc1.[Ir+3].[Ir].[c-]1cc2c3cccc4cccc(c5cccc(c1-c1nnc(-c6ccc7c8cccc9cccc(c%10cccc6c%107)c98)nn1)c25)c43.[c-]1cc2c3cccc4cccc(c5cccc(c1-c1nnc(-c6ccc7c8cccc9cccc(c%10cccc6c%107)c98)nn1)c25)c43. The number of carbonyl (C=O) groups excluding carboxylic acids is 1. The quantitative estimate of drug-likeness (QED) is 0.0508. The van der Waals surface area contributed by atoms with Crippen molar-refractivity contribution in [2.24, 2.45) is 10.8 Å². The summed E-state index contributed by atoms with van der Waals surface area (Å²) in [5.41, 5.74) is 5.11. The Labute approximate surface area is 744 Å². The van der Waals surface area contributed by atoms with Gasteiger partial charge in [-0.05, 0) is 174 Å². The zero-order valence-corrected chi connectivity index (χ0v) is 74.7. The minimum Gasteiger partial charge on any atom is -0.512 e. The Morgan fingerprint density at radius 1 is 0.339 bits per heavy atom. The van der Waals surface area contributed by atoms with E-state index >= 15 is 0 Å². The molecule has 124 heavy (non-hydrogen) atoms. The van der Waals surface area contributed by atoms with Crippen molar-refractivity contribution in [2.45, 2.75) is 81.2 Å². The molecule has 0 spiro atoms. The average Bonchev–Trinajstić information content (AvgIpc) is 0.787. The van der Waals surface area contributed by atoms with Crippen molar-refractivity contribution in [2.75, 3.05) is 4.90 Å². The van der Waals surface area contributed by atoms with Gasteiger partial charge in [0.25, 0.3) is 0 Å². The van der Waals surface area contributed by atoms with E-state index in [0.717, 1.165) is 49.5 Å². The molecule has 14 heteroatoms. The number of allylic oxidation sites excluding steroid dienone is 2. The number of aliphatic hydroxyl groups is 1. The summed E-state index contributed by atoms with van der Waals surface area (Å²) in [6.45, 7) is 22.0. The fraction of sp³-hybridized carbons (Fsp3) is 0.127. The molecule has 0 saturated carbocycles. The molecule has 12 nitrogen and oxygen atoms in total. The molecule has 24 rings (SSSR count). The number of benzene rings is 21. The second kappa shape index (κ2) is 31.5. The van der Waals surface area contributed by atoms with Crippen molar-refractivity contribution < 1.29 is 50.1 Å². The van der Waals surface area contributed by atoms with Crippen LogP contribution in [0.15, 0.2) is 297 Å². The summed E-state index contributed by atoms with van der Waals surface area (Å²) < 4.78 is 0. The molecule has 1 radical (unpaired) electrons. The summed E-state index contributed by atoms with van der Waals surface area (Å²) >= 11 is 0. The number of aliphatic hydroxyl groups excluding tert-OH is 1. The number of rotatable bonds is 8. The van der Waals surface area contributed by atoms with E-state index in [1.54, 1.807) is 0 Å². The molecule has 1 N–H and O–H groups in total. The first-order valence-corrected chi connectivity index (χ1v) is 41.7. The van der Waals surface area contributed by atoms with Gasteiger partial charge in [-0.3, -0.25) is 4.79 Å². The smallest absolute Gasteiger partial charge is 0.512 e. The van der Waals surface area contributed by atoms with Crippen LogP contribution >= 0.6 is 0 Å². The van der Waals surface area contributed by atoms with Crippen LogP contribution in [0, 0.1) is 35.7 Å². The monoisotopic (exact) mass is 1960 g/mol. The number of anilines is 1. The molecular weight excluding hydrogens is 1880 g/mol. The summed E-state index contributed by atoms with van der Waals surface area (Å²) in [6.07, 6.45) is 5.50. The maximum absolute atomic E-state index is 11.5. The number of ketones is 1. The van der Waals surface area contributed by atoms with E-state index in [2.05, 4.69) is 389 Å². The van der Waals surface area contributed by atoms with Crippen molar-refractivity contribution in [3.63, 3.8) is 0 Å².